The molecule has 108 valence electrons. The standard InChI is InChI=1S/C16H16N2O2S/c1-9(2)17-15(19)14-8-11-6-10-7-12(20-3)4-5-13(10)18-16(11)21-14/h4-9H,1-3H3,(H,17,19). The van der Waals surface area contributed by atoms with Gasteiger partial charge in [0, 0.05) is 16.8 Å². The molecule has 3 aromatic rings. The Morgan fingerprint density at radius 1 is 1.24 bits per heavy atom. The molecular formula is C16H16N2O2S. The fraction of sp³-hybridized carbons (Fsp3) is 0.250. The summed E-state index contributed by atoms with van der Waals surface area (Å²) in [7, 11) is 1.64. The molecule has 0 saturated heterocycles. The Kier molecular flexibility index (Phi) is 3.51. The predicted molar refractivity (Wildman–Crippen MR) is 86.3 cm³/mol. The first-order valence-corrected chi connectivity index (χ1v) is 7.57. The zero-order chi connectivity index (χ0) is 15.0. The topological polar surface area (TPSA) is 51.2 Å². The van der Waals surface area contributed by atoms with Crippen molar-refractivity contribution in [1.29, 1.82) is 0 Å². The number of hydrogen-bond donors (Lipinski definition) is 1. The van der Waals surface area contributed by atoms with Gasteiger partial charge in [-0.1, -0.05) is 0 Å². The number of pyridine rings is 1. The van der Waals surface area contributed by atoms with Crippen LogP contribution in [-0.2, 0) is 0 Å². The summed E-state index contributed by atoms with van der Waals surface area (Å²) in [6, 6.07) is 9.83. The zero-order valence-electron chi connectivity index (χ0n) is 12.1. The predicted octanol–water partition coefficient (Wildman–Crippen LogP) is 3.60. The molecule has 0 aliphatic heterocycles. The third-order valence-electron chi connectivity index (χ3n) is 3.15. The minimum atomic E-state index is -0.0466. The van der Waals surface area contributed by atoms with Crippen molar-refractivity contribution in [2.45, 2.75) is 19.9 Å². The molecule has 2 aromatic heterocycles. The maximum Gasteiger partial charge on any atom is 0.261 e. The number of ether oxygens (including phenoxy) is 1. The van der Waals surface area contributed by atoms with Crippen molar-refractivity contribution >= 4 is 38.4 Å². The zero-order valence-corrected chi connectivity index (χ0v) is 13.0. The summed E-state index contributed by atoms with van der Waals surface area (Å²) in [5.74, 6) is 0.756. The highest BCUT2D eigenvalue weighted by Crippen LogP contribution is 2.29. The average molecular weight is 300 g/mol. The Labute approximate surface area is 126 Å². The van der Waals surface area contributed by atoms with E-state index in [9.17, 15) is 4.79 Å². The Hall–Kier alpha value is -2.14. The number of nitrogens with zero attached hydrogens (tertiary/aromatic N) is 1. The summed E-state index contributed by atoms with van der Waals surface area (Å²) in [4.78, 5) is 18.3. The van der Waals surface area contributed by atoms with E-state index in [0.29, 0.717) is 4.88 Å². The molecule has 1 N–H and O–H groups in total. The molecule has 5 heteroatoms. The smallest absolute Gasteiger partial charge is 0.261 e. The van der Waals surface area contributed by atoms with Crippen LogP contribution in [0.4, 0.5) is 0 Å². The molecule has 0 aliphatic carbocycles. The first-order chi connectivity index (χ1) is 10.1. The van der Waals surface area contributed by atoms with E-state index in [1.807, 2.05) is 44.2 Å². The normalized spacial score (nSPS) is 11.2. The Balaban J connectivity index is 2.08. The molecule has 0 unspecified atom stereocenters. The highest BCUT2D eigenvalue weighted by molar-refractivity contribution is 7.20. The van der Waals surface area contributed by atoms with Gasteiger partial charge in [-0.05, 0) is 44.2 Å². The fourth-order valence-corrected chi connectivity index (χ4v) is 3.11. The van der Waals surface area contributed by atoms with Gasteiger partial charge in [0.25, 0.3) is 5.91 Å². The van der Waals surface area contributed by atoms with E-state index in [0.717, 1.165) is 26.9 Å². The summed E-state index contributed by atoms with van der Waals surface area (Å²) >= 11 is 1.42. The van der Waals surface area contributed by atoms with Gasteiger partial charge in [-0.2, -0.15) is 0 Å². The van der Waals surface area contributed by atoms with Crippen LogP contribution in [0.3, 0.4) is 0 Å². The SMILES string of the molecule is COc1ccc2nc3sc(C(=O)NC(C)C)cc3cc2c1. The van der Waals surface area contributed by atoms with Crippen molar-refractivity contribution in [3.05, 3.63) is 35.2 Å². The molecule has 0 atom stereocenters. The first kappa shape index (κ1) is 13.8. The summed E-state index contributed by atoms with van der Waals surface area (Å²) in [5.41, 5.74) is 0.904. The van der Waals surface area contributed by atoms with Crippen LogP contribution in [-0.4, -0.2) is 24.0 Å². The fourth-order valence-electron chi connectivity index (χ4n) is 2.19. The number of carbonyl (C=O) groups is 1. The number of methoxy groups -OCH3 is 1. The number of hydrogen-bond acceptors (Lipinski definition) is 4. The lowest BCUT2D eigenvalue weighted by Gasteiger charge is -2.05. The Bertz CT molecular complexity index is 824. The molecular weight excluding hydrogens is 284 g/mol. The van der Waals surface area contributed by atoms with E-state index in [-0.39, 0.29) is 11.9 Å². The second kappa shape index (κ2) is 5.33. The van der Waals surface area contributed by atoms with Gasteiger partial charge in [0.2, 0.25) is 0 Å². The largest absolute Gasteiger partial charge is 0.497 e. The van der Waals surface area contributed by atoms with Gasteiger partial charge in [-0.3, -0.25) is 4.79 Å². The van der Waals surface area contributed by atoms with Crippen LogP contribution in [0.15, 0.2) is 30.3 Å². The van der Waals surface area contributed by atoms with Crippen LogP contribution >= 0.6 is 11.3 Å². The third kappa shape index (κ3) is 2.69. The minimum absolute atomic E-state index is 0.0466. The van der Waals surface area contributed by atoms with E-state index in [2.05, 4.69) is 10.3 Å². The summed E-state index contributed by atoms with van der Waals surface area (Å²) in [6.45, 7) is 3.90. The van der Waals surface area contributed by atoms with E-state index in [1.165, 1.54) is 11.3 Å². The van der Waals surface area contributed by atoms with Gasteiger partial charge < -0.3 is 10.1 Å². The number of fused-ring (bicyclic) bond motifs is 2. The number of nitrogens with one attached hydrogen (secondary N) is 1. The second-order valence-electron chi connectivity index (χ2n) is 5.18. The van der Waals surface area contributed by atoms with E-state index in [1.54, 1.807) is 7.11 Å². The van der Waals surface area contributed by atoms with Crippen LogP contribution in [0, 0.1) is 0 Å². The van der Waals surface area contributed by atoms with Gasteiger partial charge in [0.05, 0.1) is 17.5 Å². The molecule has 0 aliphatic rings. The highest BCUT2D eigenvalue weighted by Gasteiger charge is 2.12. The molecule has 0 bridgehead atoms. The molecule has 4 nitrogen and oxygen atoms in total. The van der Waals surface area contributed by atoms with Gasteiger partial charge in [-0.25, -0.2) is 4.98 Å². The lowest BCUT2D eigenvalue weighted by Crippen LogP contribution is -2.29. The summed E-state index contributed by atoms with van der Waals surface area (Å²) in [5, 5.41) is 4.89. The number of carbonyl (C=O) groups excluding carboxylic acids is 1. The van der Waals surface area contributed by atoms with Gasteiger partial charge in [-0.15, -0.1) is 11.3 Å². The van der Waals surface area contributed by atoms with Crippen molar-refractivity contribution in [3.63, 3.8) is 0 Å². The molecule has 3 rings (SSSR count). The Morgan fingerprint density at radius 3 is 2.76 bits per heavy atom. The monoisotopic (exact) mass is 300 g/mol. The van der Waals surface area contributed by atoms with Gasteiger partial charge >= 0.3 is 0 Å². The van der Waals surface area contributed by atoms with Crippen molar-refractivity contribution in [2.24, 2.45) is 0 Å². The van der Waals surface area contributed by atoms with Crippen molar-refractivity contribution in [3.8, 4) is 5.75 Å². The molecule has 0 radical (unpaired) electrons. The molecule has 2 heterocycles. The molecule has 1 amide bonds. The first-order valence-electron chi connectivity index (χ1n) is 6.76. The maximum absolute atomic E-state index is 12.1. The number of benzene rings is 1. The van der Waals surface area contributed by atoms with E-state index in [4.69, 9.17) is 4.74 Å². The van der Waals surface area contributed by atoms with E-state index >= 15 is 0 Å². The van der Waals surface area contributed by atoms with Crippen molar-refractivity contribution < 1.29 is 9.53 Å². The molecule has 0 fully saturated rings. The lowest BCUT2D eigenvalue weighted by molar-refractivity contribution is 0.0947. The molecule has 0 spiro atoms. The quantitative estimate of drug-likeness (QED) is 0.804. The minimum Gasteiger partial charge on any atom is -0.497 e. The van der Waals surface area contributed by atoms with Crippen LogP contribution in [0.25, 0.3) is 21.1 Å². The Morgan fingerprint density at radius 2 is 2.05 bits per heavy atom. The molecule has 1 aromatic carbocycles. The van der Waals surface area contributed by atoms with Crippen LogP contribution in [0.5, 0.6) is 5.75 Å². The van der Waals surface area contributed by atoms with Gasteiger partial charge in [0.1, 0.15) is 10.6 Å². The van der Waals surface area contributed by atoms with Crippen molar-refractivity contribution in [2.75, 3.05) is 7.11 Å². The van der Waals surface area contributed by atoms with Crippen LogP contribution in [0.1, 0.15) is 23.5 Å². The number of aromatic nitrogens is 1. The lowest BCUT2D eigenvalue weighted by atomic mass is 10.2. The maximum atomic E-state index is 12.1. The van der Waals surface area contributed by atoms with Gasteiger partial charge in [0.15, 0.2) is 0 Å². The third-order valence-corrected chi connectivity index (χ3v) is 4.19. The van der Waals surface area contributed by atoms with Crippen molar-refractivity contribution in [1.82, 2.24) is 10.3 Å². The molecule has 21 heavy (non-hydrogen) atoms. The number of rotatable bonds is 3. The van der Waals surface area contributed by atoms with Crippen LogP contribution in [0.2, 0.25) is 0 Å². The van der Waals surface area contributed by atoms with E-state index < -0.39 is 0 Å². The summed E-state index contributed by atoms with van der Waals surface area (Å²) in [6.07, 6.45) is 0. The van der Waals surface area contributed by atoms with Crippen LogP contribution < -0.4 is 10.1 Å². The average Bonchev–Trinajstić information content (AvgIpc) is 2.86. The molecule has 0 saturated carbocycles. The second-order valence-corrected chi connectivity index (χ2v) is 6.21. The number of amides is 1. The highest BCUT2D eigenvalue weighted by atomic mass is 32.1. The summed E-state index contributed by atoms with van der Waals surface area (Å²) < 4.78 is 5.23. The number of thiophene rings is 1.